The Morgan fingerprint density at radius 3 is 2.62 bits per heavy atom. The lowest BCUT2D eigenvalue weighted by atomic mass is 9.77. The fourth-order valence-electron chi connectivity index (χ4n) is 5.74. The molecule has 3 fully saturated rings. The number of alkyl halides is 3. The minimum Gasteiger partial charge on any atom is -0.390 e. The number of urea groups is 1. The van der Waals surface area contributed by atoms with Crippen LogP contribution < -0.4 is 15.5 Å². The Morgan fingerprint density at radius 1 is 1.18 bits per heavy atom. The first-order valence-electron chi connectivity index (χ1n) is 13.5. The third-order valence-electron chi connectivity index (χ3n) is 7.76. The molecule has 1 atom stereocenters. The minimum atomic E-state index is -4.22. The van der Waals surface area contributed by atoms with E-state index in [9.17, 15) is 23.1 Å². The third kappa shape index (κ3) is 6.94. The molecule has 0 radical (unpaired) electrons. The van der Waals surface area contributed by atoms with Crippen LogP contribution >= 0.6 is 0 Å². The van der Waals surface area contributed by atoms with E-state index in [4.69, 9.17) is 9.72 Å². The van der Waals surface area contributed by atoms with Crippen molar-refractivity contribution in [2.24, 2.45) is 5.92 Å². The second kappa shape index (κ2) is 10.8. The van der Waals surface area contributed by atoms with Gasteiger partial charge < -0.3 is 30.3 Å². The van der Waals surface area contributed by atoms with Gasteiger partial charge in [0.2, 0.25) is 0 Å². The Morgan fingerprint density at radius 2 is 1.92 bits per heavy atom. The molecule has 1 aromatic carbocycles. The number of anilines is 3. The van der Waals surface area contributed by atoms with Crippen LogP contribution in [0.15, 0.2) is 30.3 Å². The summed E-state index contributed by atoms with van der Waals surface area (Å²) >= 11 is 0. The van der Waals surface area contributed by atoms with Crippen molar-refractivity contribution in [2.75, 3.05) is 54.9 Å². The number of carbonyl (C=O) groups is 1. The molecule has 1 unspecified atom stereocenters. The molecule has 3 aliphatic rings. The van der Waals surface area contributed by atoms with Crippen LogP contribution in [-0.2, 0) is 4.74 Å². The summed E-state index contributed by atoms with van der Waals surface area (Å²) in [6, 6.07) is 9.38. The van der Waals surface area contributed by atoms with E-state index in [0.717, 1.165) is 41.4 Å². The standard InChI is InChI=1S/C28H36F3N5O3/c1-18-3-4-21(33-26(37)36-6-5-19(17-36)14-28(29,30)31)13-23(18)20-11-24(32-22-15-27(2,38)16-22)34-25(12-20)35-7-9-39-10-8-35/h3-4,11-13,19,22,38H,5-10,14-17H2,1-2H3,(H,32,34)(H,33,37). The van der Waals surface area contributed by atoms with E-state index < -0.39 is 30.1 Å². The van der Waals surface area contributed by atoms with Gasteiger partial charge in [0.25, 0.3) is 0 Å². The number of morpholine rings is 1. The van der Waals surface area contributed by atoms with E-state index in [1.165, 1.54) is 4.90 Å². The molecular weight excluding hydrogens is 511 g/mol. The topological polar surface area (TPSA) is 90.0 Å². The van der Waals surface area contributed by atoms with Gasteiger partial charge >= 0.3 is 12.2 Å². The summed E-state index contributed by atoms with van der Waals surface area (Å²) in [5.41, 5.74) is 2.78. The fourth-order valence-corrected chi connectivity index (χ4v) is 5.74. The smallest absolute Gasteiger partial charge is 0.389 e. The van der Waals surface area contributed by atoms with Crippen LogP contribution in [0.4, 0.5) is 35.3 Å². The average Bonchev–Trinajstić information content (AvgIpc) is 3.31. The van der Waals surface area contributed by atoms with Gasteiger partial charge in [0.05, 0.1) is 18.8 Å². The number of halogens is 3. The van der Waals surface area contributed by atoms with Crippen molar-refractivity contribution in [1.82, 2.24) is 9.88 Å². The molecule has 11 heteroatoms. The number of rotatable bonds is 6. The number of amides is 2. The summed E-state index contributed by atoms with van der Waals surface area (Å²) in [6.45, 7) is 6.94. The summed E-state index contributed by atoms with van der Waals surface area (Å²) in [5, 5.41) is 16.5. The van der Waals surface area contributed by atoms with Crippen molar-refractivity contribution in [1.29, 1.82) is 0 Å². The van der Waals surface area contributed by atoms with Crippen LogP contribution in [0.5, 0.6) is 0 Å². The van der Waals surface area contributed by atoms with Crippen molar-refractivity contribution in [3.8, 4) is 11.1 Å². The lowest BCUT2D eigenvalue weighted by Gasteiger charge is -2.41. The van der Waals surface area contributed by atoms with Crippen molar-refractivity contribution in [3.63, 3.8) is 0 Å². The summed E-state index contributed by atoms with van der Waals surface area (Å²) in [4.78, 5) is 21.4. The molecule has 0 bridgehead atoms. The highest BCUT2D eigenvalue weighted by Gasteiger charge is 2.39. The largest absolute Gasteiger partial charge is 0.390 e. The number of pyridine rings is 1. The van der Waals surface area contributed by atoms with Gasteiger partial charge in [0, 0.05) is 44.3 Å². The molecule has 39 heavy (non-hydrogen) atoms. The van der Waals surface area contributed by atoms with E-state index in [-0.39, 0.29) is 12.6 Å². The molecular formula is C28H36F3N5O3. The molecule has 1 saturated carbocycles. The van der Waals surface area contributed by atoms with Crippen LogP contribution in [0, 0.1) is 12.8 Å². The first-order chi connectivity index (χ1) is 18.4. The van der Waals surface area contributed by atoms with E-state index in [1.54, 1.807) is 6.07 Å². The van der Waals surface area contributed by atoms with Crippen LogP contribution in [0.3, 0.4) is 0 Å². The third-order valence-corrected chi connectivity index (χ3v) is 7.76. The zero-order valence-corrected chi connectivity index (χ0v) is 22.4. The summed E-state index contributed by atoms with van der Waals surface area (Å²) in [7, 11) is 0. The number of hydrogen-bond acceptors (Lipinski definition) is 6. The molecule has 2 aliphatic heterocycles. The van der Waals surface area contributed by atoms with E-state index >= 15 is 0 Å². The normalized spacial score (nSPS) is 25.4. The highest BCUT2D eigenvalue weighted by Crippen LogP contribution is 2.36. The van der Waals surface area contributed by atoms with Crippen LogP contribution in [0.25, 0.3) is 11.1 Å². The van der Waals surface area contributed by atoms with Crippen molar-refractivity contribution in [2.45, 2.75) is 57.3 Å². The first-order valence-corrected chi connectivity index (χ1v) is 13.5. The van der Waals surface area contributed by atoms with E-state index in [2.05, 4.69) is 15.5 Å². The van der Waals surface area contributed by atoms with Crippen molar-refractivity contribution in [3.05, 3.63) is 35.9 Å². The number of aliphatic hydroxyl groups is 1. The first kappa shape index (κ1) is 27.5. The highest BCUT2D eigenvalue weighted by atomic mass is 19.4. The van der Waals surface area contributed by atoms with Gasteiger partial charge in [0.15, 0.2) is 0 Å². The maximum Gasteiger partial charge on any atom is 0.389 e. The Labute approximate surface area is 226 Å². The lowest BCUT2D eigenvalue weighted by Crippen LogP contribution is -2.48. The SMILES string of the molecule is Cc1ccc(NC(=O)N2CCC(CC(F)(F)F)C2)cc1-c1cc(NC2CC(C)(O)C2)nc(N2CCOCC2)c1. The Kier molecular flexibility index (Phi) is 7.65. The number of benzene rings is 1. The van der Waals surface area contributed by atoms with Gasteiger partial charge in [-0.3, -0.25) is 0 Å². The number of nitrogens with zero attached hydrogens (tertiary/aromatic N) is 3. The van der Waals surface area contributed by atoms with Gasteiger partial charge in [-0.1, -0.05) is 6.07 Å². The van der Waals surface area contributed by atoms with Gasteiger partial charge in [0.1, 0.15) is 11.6 Å². The summed E-state index contributed by atoms with van der Waals surface area (Å²) in [6.07, 6.45) is -3.45. The molecule has 8 nitrogen and oxygen atoms in total. The predicted octanol–water partition coefficient (Wildman–Crippen LogP) is 5.03. The van der Waals surface area contributed by atoms with Gasteiger partial charge in [-0.15, -0.1) is 0 Å². The number of hydrogen-bond donors (Lipinski definition) is 3. The quantitative estimate of drug-likeness (QED) is 0.471. The number of aromatic nitrogens is 1. The van der Waals surface area contributed by atoms with Gasteiger partial charge in [-0.05, 0) is 80.0 Å². The van der Waals surface area contributed by atoms with Gasteiger partial charge in [-0.25, -0.2) is 9.78 Å². The maximum absolute atomic E-state index is 12.9. The van der Waals surface area contributed by atoms with Crippen LogP contribution in [0.1, 0.15) is 38.2 Å². The van der Waals surface area contributed by atoms with E-state index in [1.807, 2.05) is 38.1 Å². The lowest BCUT2D eigenvalue weighted by molar-refractivity contribution is -0.143. The molecule has 1 aromatic heterocycles. The summed E-state index contributed by atoms with van der Waals surface area (Å²) < 4.78 is 43.9. The Hall–Kier alpha value is -3.05. The molecule has 5 rings (SSSR count). The molecule has 1 aliphatic carbocycles. The molecule has 3 N–H and O–H groups in total. The zero-order chi connectivity index (χ0) is 27.8. The van der Waals surface area contributed by atoms with Gasteiger partial charge in [-0.2, -0.15) is 13.2 Å². The highest BCUT2D eigenvalue weighted by molar-refractivity contribution is 5.91. The molecule has 2 aromatic rings. The minimum absolute atomic E-state index is 0.0976. The maximum atomic E-state index is 12.9. The average molecular weight is 548 g/mol. The Balaban J connectivity index is 1.35. The fraction of sp³-hybridized carbons (Fsp3) is 0.571. The van der Waals surface area contributed by atoms with Crippen molar-refractivity contribution < 1.29 is 27.8 Å². The van der Waals surface area contributed by atoms with Crippen LogP contribution in [-0.4, -0.2) is 78.2 Å². The molecule has 3 heterocycles. The second-order valence-electron chi connectivity index (χ2n) is 11.3. The predicted molar refractivity (Wildman–Crippen MR) is 144 cm³/mol. The number of carbonyl (C=O) groups excluding carboxylic acids is 1. The number of aryl methyl sites for hydroxylation is 1. The number of ether oxygens (including phenoxy) is 1. The zero-order valence-electron chi connectivity index (χ0n) is 22.4. The number of likely N-dealkylation sites (tertiary alicyclic amines) is 1. The van der Waals surface area contributed by atoms with Crippen LogP contribution in [0.2, 0.25) is 0 Å². The Bertz CT molecular complexity index is 1190. The second-order valence-corrected chi connectivity index (χ2v) is 11.3. The van der Waals surface area contributed by atoms with Crippen molar-refractivity contribution >= 4 is 23.4 Å². The number of nitrogens with one attached hydrogen (secondary N) is 2. The molecule has 212 valence electrons. The molecule has 0 spiro atoms. The monoisotopic (exact) mass is 547 g/mol. The molecule has 2 saturated heterocycles. The molecule has 2 amide bonds. The summed E-state index contributed by atoms with van der Waals surface area (Å²) in [5.74, 6) is 0.979. The van der Waals surface area contributed by atoms with E-state index in [0.29, 0.717) is 44.7 Å².